The highest BCUT2D eigenvalue weighted by Crippen LogP contribution is 2.17. The fraction of sp³-hybridized carbons (Fsp3) is 0.300. The molecule has 0 aliphatic rings. The third-order valence-electron chi connectivity index (χ3n) is 1.72. The minimum atomic E-state index is 0.0461. The highest BCUT2D eigenvalue weighted by atomic mass is 32.2. The van der Waals surface area contributed by atoms with Crippen molar-refractivity contribution in [1.29, 1.82) is 5.41 Å². The molecule has 1 rings (SSSR count). The molecule has 1 aromatic rings. The van der Waals surface area contributed by atoms with Gasteiger partial charge in [-0.05, 0) is 18.4 Å². The van der Waals surface area contributed by atoms with Gasteiger partial charge >= 0.3 is 0 Å². The standard InChI is InChI=1S/C10H14N2OS/c1-14-7-6-13-9-5-3-2-4-8(9)10(11)12/h2-5H,6-7H2,1H3,(H3,11,12). The molecule has 4 heteroatoms. The first kappa shape index (κ1) is 10.9. The molecule has 0 fully saturated rings. The van der Waals surface area contributed by atoms with Gasteiger partial charge in [-0.1, -0.05) is 12.1 Å². The number of nitrogens with one attached hydrogen (secondary N) is 1. The number of para-hydroxylation sites is 1. The van der Waals surface area contributed by atoms with E-state index in [0.29, 0.717) is 17.9 Å². The van der Waals surface area contributed by atoms with Gasteiger partial charge in [-0.25, -0.2) is 0 Å². The molecular formula is C10H14N2OS. The lowest BCUT2D eigenvalue weighted by atomic mass is 10.2. The summed E-state index contributed by atoms with van der Waals surface area (Å²) in [5.74, 6) is 1.67. The van der Waals surface area contributed by atoms with Gasteiger partial charge in [0.05, 0.1) is 12.2 Å². The van der Waals surface area contributed by atoms with Crippen LogP contribution in [0.3, 0.4) is 0 Å². The molecule has 0 heterocycles. The van der Waals surface area contributed by atoms with Crippen molar-refractivity contribution in [2.45, 2.75) is 0 Å². The molecule has 0 radical (unpaired) electrons. The molecular weight excluding hydrogens is 196 g/mol. The van der Waals surface area contributed by atoms with Crippen LogP contribution in [0.4, 0.5) is 0 Å². The lowest BCUT2D eigenvalue weighted by Crippen LogP contribution is -2.13. The summed E-state index contributed by atoms with van der Waals surface area (Å²) in [7, 11) is 0. The number of nitrogens with two attached hydrogens (primary N) is 1. The summed E-state index contributed by atoms with van der Waals surface area (Å²) in [6.07, 6.45) is 2.03. The summed E-state index contributed by atoms with van der Waals surface area (Å²) < 4.78 is 5.50. The third-order valence-corrected chi connectivity index (χ3v) is 2.30. The van der Waals surface area contributed by atoms with Crippen LogP contribution < -0.4 is 10.5 Å². The van der Waals surface area contributed by atoms with E-state index in [1.54, 1.807) is 17.8 Å². The van der Waals surface area contributed by atoms with Crippen molar-refractivity contribution in [2.75, 3.05) is 18.6 Å². The van der Waals surface area contributed by atoms with E-state index in [2.05, 4.69) is 0 Å². The van der Waals surface area contributed by atoms with Crippen molar-refractivity contribution in [3.05, 3.63) is 29.8 Å². The fourth-order valence-corrected chi connectivity index (χ4v) is 1.30. The SMILES string of the molecule is CSCCOc1ccccc1C(=N)N. The predicted molar refractivity (Wildman–Crippen MR) is 61.3 cm³/mol. The largest absolute Gasteiger partial charge is 0.492 e. The zero-order valence-electron chi connectivity index (χ0n) is 8.12. The van der Waals surface area contributed by atoms with Crippen LogP contribution in [0.1, 0.15) is 5.56 Å². The Labute approximate surface area is 88.2 Å². The molecule has 0 bridgehead atoms. The van der Waals surface area contributed by atoms with Crippen molar-refractivity contribution in [1.82, 2.24) is 0 Å². The van der Waals surface area contributed by atoms with Gasteiger partial charge < -0.3 is 10.5 Å². The number of thioether (sulfide) groups is 1. The van der Waals surface area contributed by atoms with Gasteiger partial charge in [0.15, 0.2) is 0 Å². The van der Waals surface area contributed by atoms with E-state index in [9.17, 15) is 0 Å². The van der Waals surface area contributed by atoms with E-state index in [0.717, 1.165) is 5.75 Å². The number of rotatable bonds is 5. The van der Waals surface area contributed by atoms with Gasteiger partial charge in [0.25, 0.3) is 0 Å². The second-order valence-corrected chi connectivity index (χ2v) is 3.74. The van der Waals surface area contributed by atoms with Crippen molar-refractivity contribution < 1.29 is 4.74 Å². The smallest absolute Gasteiger partial charge is 0.130 e. The Morgan fingerprint density at radius 3 is 2.86 bits per heavy atom. The number of benzene rings is 1. The summed E-state index contributed by atoms with van der Waals surface area (Å²) in [5, 5.41) is 7.35. The van der Waals surface area contributed by atoms with E-state index in [-0.39, 0.29) is 5.84 Å². The summed E-state index contributed by atoms with van der Waals surface area (Å²) in [6.45, 7) is 0.644. The lowest BCUT2D eigenvalue weighted by Gasteiger charge is -2.09. The van der Waals surface area contributed by atoms with Gasteiger partial charge in [-0.2, -0.15) is 11.8 Å². The molecule has 0 saturated heterocycles. The highest BCUT2D eigenvalue weighted by Gasteiger charge is 2.04. The Morgan fingerprint density at radius 2 is 2.21 bits per heavy atom. The van der Waals surface area contributed by atoms with E-state index >= 15 is 0 Å². The van der Waals surface area contributed by atoms with Gasteiger partial charge in [-0.15, -0.1) is 0 Å². The molecule has 1 aromatic carbocycles. The molecule has 0 spiro atoms. The highest BCUT2D eigenvalue weighted by molar-refractivity contribution is 7.98. The van der Waals surface area contributed by atoms with Crippen LogP contribution in [-0.4, -0.2) is 24.5 Å². The summed E-state index contributed by atoms with van der Waals surface area (Å²) in [6, 6.07) is 7.34. The first-order valence-corrected chi connectivity index (χ1v) is 5.70. The van der Waals surface area contributed by atoms with E-state index in [1.807, 2.05) is 24.5 Å². The molecule has 76 valence electrons. The second-order valence-electron chi connectivity index (χ2n) is 2.75. The van der Waals surface area contributed by atoms with Crippen molar-refractivity contribution >= 4 is 17.6 Å². The molecule has 0 aromatic heterocycles. The van der Waals surface area contributed by atoms with Gasteiger partial charge in [0.1, 0.15) is 11.6 Å². The van der Waals surface area contributed by atoms with Gasteiger partial charge in [0, 0.05) is 5.75 Å². The van der Waals surface area contributed by atoms with Crippen LogP contribution >= 0.6 is 11.8 Å². The maximum atomic E-state index is 7.35. The maximum absolute atomic E-state index is 7.35. The van der Waals surface area contributed by atoms with E-state index in [1.165, 1.54) is 0 Å². The zero-order chi connectivity index (χ0) is 10.4. The van der Waals surface area contributed by atoms with Crippen LogP contribution in [0.15, 0.2) is 24.3 Å². The normalized spacial score (nSPS) is 9.79. The third kappa shape index (κ3) is 2.96. The van der Waals surface area contributed by atoms with Gasteiger partial charge in [0.2, 0.25) is 0 Å². The molecule has 0 unspecified atom stereocenters. The average Bonchev–Trinajstić information content (AvgIpc) is 2.19. The fourth-order valence-electron chi connectivity index (χ4n) is 1.05. The molecule has 0 atom stereocenters. The van der Waals surface area contributed by atoms with Crippen molar-refractivity contribution in [3.63, 3.8) is 0 Å². The van der Waals surface area contributed by atoms with Crippen LogP contribution in [0.2, 0.25) is 0 Å². The minimum Gasteiger partial charge on any atom is -0.492 e. The second kappa shape index (κ2) is 5.54. The van der Waals surface area contributed by atoms with Crippen molar-refractivity contribution in [3.8, 4) is 5.75 Å². The number of nitrogen functional groups attached to an aromatic ring is 1. The van der Waals surface area contributed by atoms with Gasteiger partial charge in [-0.3, -0.25) is 5.41 Å². The van der Waals surface area contributed by atoms with Crippen molar-refractivity contribution in [2.24, 2.45) is 5.73 Å². The molecule has 0 amide bonds. The molecule has 14 heavy (non-hydrogen) atoms. The van der Waals surface area contributed by atoms with E-state index in [4.69, 9.17) is 15.9 Å². The number of ether oxygens (including phenoxy) is 1. The van der Waals surface area contributed by atoms with Crippen LogP contribution in [0.25, 0.3) is 0 Å². The quantitative estimate of drug-likeness (QED) is 0.442. The number of hydrogen-bond acceptors (Lipinski definition) is 3. The monoisotopic (exact) mass is 210 g/mol. The molecule has 3 nitrogen and oxygen atoms in total. The van der Waals surface area contributed by atoms with E-state index < -0.39 is 0 Å². The number of hydrogen-bond donors (Lipinski definition) is 2. The predicted octanol–water partition coefficient (Wildman–Crippen LogP) is 1.71. The Hall–Kier alpha value is -1.16. The lowest BCUT2D eigenvalue weighted by molar-refractivity contribution is 0.343. The molecule has 3 N–H and O–H groups in total. The molecule has 0 aliphatic carbocycles. The summed E-state index contributed by atoms with van der Waals surface area (Å²) >= 11 is 1.73. The summed E-state index contributed by atoms with van der Waals surface area (Å²) in [5.41, 5.74) is 6.08. The Balaban J connectivity index is 2.69. The zero-order valence-corrected chi connectivity index (χ0v) is 8.93. The number of amidine groups is 1. The first-order chi connectivity index (χ1) is 6.75. The summed E-state index contributed by atoms with van der Waals surface area (Å²) in [4.78, 5) is 0. The Kier molecular flexibility index (Phi) is 4.32. The molecule has 0 saturated carbocycles. The average molecular weight is 210 g/mol. The molecule has 0 aliphatic heterocycles. The first-order valence-electron chi connectivity index (χ1n) is 4.31. The van der Waals surface area contributed by atoms with Crippen LogP contribution in [0, 0.1) is 5.41 Å². The Morgan fingerprint density at radius 1 is 1.50 bits per heavy atom. The van der Waals surface area contributed by atoms with Crippen LogP contribution in [-0.2, 0) is 0 Å². The van der Waals surface area contributed by atoms with Crippen LogP contribution in [0.5, 0.6) is 5.75 Å². The topological polar surface area (TPSA) is 59.1 Å². The minimum absolute atomic E-state index is 0.0461. The Bertz CT molecular complexity index is 315. The maximum Gasteiger partial charge on any atom is 0.130 e.